The highest BCUT2D eigenvalue weighted by Gasteiger charge is 2.15. The molecule has 4 heteroatoms. The average Bonchev–Trinajstić information content (AvgIpc) is 2.45. The van der Waals surface area contributed by atoms with Crippen molar-refractivity contribution in [2.45, 2.75) is 26.3 Å². The number of halogens is 3. The van der Waals surface area contributed by atoms with Crippen molar-refractivity contribution in [3.8, 4) is 0 Å². The van der Waals surface area contributed by atoms with Crippen LogP contribution < -0.4 is 5.32 Å². The van der Waals surface area contributed by atoms with Crippen LogP contribution >= 0.6 is 11.6 Å². The van der Waals surface area contributed by atoms with Crippen molar-refractivity contribution >= 4 is 11.6 Å². The van der Waals surface area contributed by atoms with Crippen molar-refractivity contribution in [2.75, 3.05) is 6.54 Å². The minimum atomic E-state index is -0.296. The molecule has 0 saturated carbocycles. The monoisotopic (exact) mass is 309 g/mol. The maximum Gasteiger partial charge on any atom is 0.126 e. The Bertz CT molecular complexity index is 628. The van der Waals surface area contributed by atoms with Crippen LogP contribution in [-0.2, 0) is 6.42 Å². The lowest BCUT2D eigenvalue weighted by atomic mass is 9.97. The fourth-order valence-corrected chi connectivity index (χ4v) is 2.49. The molecule has 21 heavy (non-hydrogen) atoms. The van der Waals surface area contributed by atoms with E-state index in [0.717, 1.165) is 5.56 Å². The van der Waals surface area contributed by atoms with Gasteiger partial charge in [-0.3, -0.25) is 0 Å². The smallest absolute Gasteiger partial charge is 0.126 e. The van der Waals surface area contributed by atoms with Crippen LogP contribution in [0.3, 0.4) is 0 Å². The van der Waals surface area contributed by atoms with Gasteiger partial charge in [0, 0.05) is 11.1 Å². The van der Waals surface area contributed by atoms with Crippen LogP contribution in [0.2, 0.25) is 5.02 Å². The van der Waals surface area contributed by atoms with Crippen LogP contribution in [0.25, 0.3) is 0 Å². The average molecular weight is 310 g/mol. The predicted octanol–water partition coefficient (Wildman–Crippen LogP) is 4.82. The Balaban J connectivity index is 2.30. The lowest BCUT2D eigenvalue weighted by molar-refractivity contribution is 0.523. The Morgan fingerprint density at radius 1 is 1.10 bits per heavy atom. The van der Waals surface area contributed by atoms with Crippen LogP contribution in [0.5, 0.6) is 0 Å². The molecule has 112 valence electrons. The highest BCUT2D eigenvalue weighted by molar-refractivity contribution is 6.30. The van der Waals surface area contributed by atoms with Crippen LogP contribution in [0.1, 0.15) is 29.7 Å². The molecule has 0 radical (unpaired) electrons. The van der Waals surface area contributed by atoms with Gasteiger partial charge in [0.2, 0.25) is 0 Å². The molecule has 0 aliphatic rings. The molecule has 0 aliphatic heterocycles. The van der Waals surface area contributed by atoms with Crippen LogP contribution in [0.15, 0.2) is 36.4 Å². The van der Waals surface area contributed by atoms with E-state index in [-0.39, 0.29) is 17.7 Å². The first kappa shape index (κ1) is 15.9. The van der Waals surface area contributed by atoms with E-state index in [1.807, 2.05) is 13.0 Å². The summed E-state index contributed by atoms with van der Waals surface area (Å²) in [6, 6.07) is 9.46. The molecule has 2 aromatic rings. The second-order valence-electron chi connectivity index (χ2n) is 5.06. The van der Waals surface area contributed by atoms with Gasteiger partial charge in [0.25, 0.3) is 0 Å². The van der Waals surface area contributed by atoms with Crippen LogP contribution in [0.4, 0.5) is 8.78 Å². The van der Waals surface area contributed by atoms with Crippen molar-refractivity contribution in [3.63, 3.8) is 0 Å². The summed E-state index contributed by atoms with van der Waals surface area (Å²) in [6.45, 7) is 4.40. The molecular weight excluding hydrogens is 292 g/mol. The molecule has 1 N–H and O–H groups in total. The van der Waals surface area contributed by atoms with E-state index >= 15 is 0 Å². The van der Waals surface area contributed by atoms with E-state index in [2.05, 4.69) is 5.32 Å². The van der Waals surface area contributed by atoms with Gasteiger partial charge in [0.15, 0.2) is 0 Å². The lowest BCUT2D eigenvalue weighted by Crippen LogP contribution is -2.23. The summed E-state index contributed by atoms with van der Waals surface area (Å²) in [6.07, 6.45) is 0.419. The topological polar surface area (TPSA) is 12.0 Å². The second kappa shape index (κ2) is 7.01. The highest BCUT2D eigenvalue weighted by Crippen LogP contribution is 2.24. The van der Waals surface area contributed by atoms with Gasteiger partial charge >= 0.3 is 0 Å². The molecule has 0 spiro atoms. The lowest BCUT2D eigenvalue weighted by Gasteiger charge is -2.19. The zero-order chi connectivity index (χ0) is 15.4. The highest BCUT2D eigenvalue weighted by atomic mass is 35.5. The minimum absolute atomic E-state index is 0.155. The van der Waals surface area contributed by atoms with Crippen LogP contribution in [-0.4, -0.2) is 6.54 Å². The summed E-state index contributed by atoms with van der Waals surface area (Å²) >= 11 is 5.92. The predicted molar refractivity (Wildman–Crippen MR) is 82.7 cm³/mol. The third-order valence-corrected chi connectivity index (χ3v) is 3.72. The molecule has 1 atom stereocenters. The summed E-state index contributed by atoms with van der Waals surface area (Å²) in [7, 11) is 0. The molecule has 0 aromatic heterocycles. The maximum absolute atomic E-state index is 13.9. The molecule has 2 rings (SSSR count). The minimum Gasteiger partial charge on any atom is -0.310 e. The van der Waals surface area contributed by atoms with Crippen molar-refractivity contribution in [3.05, 3.63) is 69.7 Å². The quantitative estimate of drug-likeness (QED) is 0.835. The van der Waals surface area contributed by atoms with Crippen LogP contribution in [0, 0.1) is 18.6 Å². The maximum atomic E-state index is 13.9. The zero-order valence-corrected chi connectivity index (χ0v) is 12.8. The largest absolute Gasteiger partial charge is 0.310 e. The molecule has 1 unspecified atom stereocenters. The second-order valence-corrected chi connectivity index (χ2v) is 5.50. The fraction of sp³-hybridized carbons (Fsp3) is 0.294. The molecule has 0 saturated heterocycles. The molecule has 0 fully saturated rings. The summed E-state index contributed by atoms with van der Waals surface area (Å²) < 4.78 is 27.6. The molecule has 1 nitrogen and oxygen atoms in total. The first-order chi connectivity index (χ1) is 10.0. The SMILES string of the molecule is CCNC(Cc1cc(Cl)ccc1F)c1ccc(C)c(F)c1. The Morgan fingerprint density at radius 3 is 2.52 bits per heavy atom. The van der Waals surface area contributed by atoms with Gasteiger partial charge in [0.1, 0.15) is 11.6 Å². The van der Waals surface area contributed by atoms with E-state index < -0.39 is 0 Å². The Kier molecular flexibility index (Phi) is 5.32. The van der Waals surface area contributed by atoms with Gasteiger partial charge in [0.05, 0.1) is 0 Å². The summed E-state index contributed by atoms with van der Waals surface area (Å²) in [5.41, 5.74) is 1.93. The molecule has 2 aromatic carbocycles. The number of likely N-dealkylation sites (N-methyl/N-ethyl adjacent to an activating group) is 1. The van der Waals surface area contributed by atoms with Crippen molar-refractivity contribution in [1.29, 1.82) is 0 Å². The Morgan fingerprint density at radius 2 is 1.86 bits per heavy atom. The standard InChI is InChI=1S/C17H18ClF2N/c1-3-21-17(12-5-4-11(2)16(20)9-12)10-13-8-14(18)6-7-15(13)19/h4-9,17,21H,3,10H2,1-2H3. The number of aryl methyl sites for hydroxylation is 1. The Hall–Kier alpha value is -1.45. The number of rotatable bonds is 5. The van der Waals surface area contributed by atoms with Gasteiger partial charge in [-0.1, -0.05) is 30.7 Å². The third kappa shape index (κ3) is 4.02. The molecule has 0 aliphatic carbocycles. The zero-order valence-electron chi connectivity index (χ0n) is 12.1. The van der Waals surface area contributed by atoms with Gasteiger partial charge in [-0.15, -0.1) is 0 Å². The third-order valence-electron chi connectivity index (χ3n) is 3.48. The van der Waals surface area contributed by atoms with E-state index in [1.165, 1.54) is 18.2 Å². The number of hydrogen-bond acceptors (Lipinski definition) is 1. The summed E-state index contributed by atoms with van der Waals surface area (Å²) in [5, 5.41) is 3.76. The molecule has 0 heterocycles. The first-order valence-electron chi connectivity index (χ1n) is 6.94. The molecule has 0 bridgehead atoms. The van der Waals surface area contributed by atoms with Gasteiger partial charge in [-0.2, -0.15) is 0 Å². The van der Waals surface area contributed by atoms with Gasteiger partial charge in [-0.25, -0.2) is 8.78 Å². The van der Waals surface area contributed by atoms with E-state index in [4.69, 9.17) is 11.6 Å². The van der Waals surface area contributed by atoms with E-state index in [9.17, 15) is 8.78 Å². The van der Waals surface area contributed by atoms with Crippen molar-refractivity contribution < 1.29 is 8.78 Å². The van der Waals surface area contributed by atoms with E-state index in [0.29, 0.717) is 29.1 Å². The van der Waals surface area contributed by atoms with E-state index in [1.54, 1.807) is 19.1 Å². The normalized spacial score (nSPS) is 12.4. The molecule has 0 amide bonds. The Labute approximate surface area is 128 Å². The van der Waals surface area contributed by atoms with Gasteiger partial charge < -0.3 is 5.32 Å². The fourth-order valence-electron chi connectivity index (χ4n) is 2.30. The summed E-state index contributed by atoms with van der Waals surface area (Å²) in [5.74, 6) is -0.545. The first-order valence-corrected chi connectivity index (χ1v) is 7.32. The van der Waals surface area contributed by atoms with Crippen molar-refractivity contribution in [2.24, 2.45) is 0 Å². The summed E-state index contributed by atoms with van der Waals surface area (Å²) in [4.78, 5) is 0. The van der Waals surface area contributed by atoms with Crippen molar-refractivity contribution in [1.82, 2.24) is 5.32 Å². The number of hydrogen-bond donors (Lipinski definition) is 1. The van der Waals surface area contributed by atoms with Gasteiger partial charge in [-0.05, 0) is 60.8 Å². The number of benzene rings is 2. The number of nitrogens with one attached hydrogen (secondary N) is 1. The molecular formula is C17H18ClF2N.